The maximum absolute atomic E-state index is 13.3. The monoisotopic (exact) mass is 285 g/mol. The summed E-state index contributed by atoms with van der Waals surface area (Å²) in [5.74, 6) is 0.415. The van der Waals surface area contributed by atoms with Gasteiger partial charge in [-0.1, -0.05) is 17.3 Å². The Morgan fingerprint density at radius 2 is 1.90 bits per heavy atom. The molecule has 3 aromatic rings. The zero-order valence-electron chi connectivity index (χ0n) is 11.0. The number of aromatic nitrogens is 2. The van der Waals surface area contributed by atoms with E-state index < -0.39 is 5.82 Å². The molecule has 0 amide bonds. The molecule has 106 valence electrons. The van der Waals surface area contributed by atoms with Gasteiger partial charge < -0.3 is 15.4 Å². The fourth-order valence-electron chi connectivity index (χ4n) is 1.95. The van der Waals surface area contributed by atoms with E-state index in [1.165, 1.54) is 18.2 Å². The smallest absolute Gasteiger partial charge is 0.260 e. The lowest BCUT2D eigenvalue weighted by Gasteiger charge is -1.99. The lowest BCUT2D eigenvalue weighted by atomic mass is 10.1. The number of hydrogen-bond donors (Lipinski definition) is 2. The molecule has 0 bridgehead atoms. The summed E-state index contributed by atoms with van der Waals surface area (Å²) in [6.07, 6.45) is 0.443. The van der Waals surface area contributed by atoms with Crippen molar-refractivity contribution in [2.75, 3.05) is 5.73 Å². The Kier molecular flexibility index (Phi) is 3.27. The van der Waals surface area contributed by atoms with E-state index in [4.69, 9.17) is 10.3 Å². The topological polar surface area (TPSA) is 85.2 Å². The number of nitrogens with zero attached hydrogens (tertiary/aromatic N) is 2. The molecular weight excluding hydrogens is 273 g/mol. The van der Waals surface area contributed by atoms with Gasteiger partial charge in [0.15, 0.2) is 5.82 Å². The van der Waals surface area contributed by atoms with Gasteiger partial charge in [0.05, 0.1) is 5.56 Å². The van der Waals surface area contributed by atoms with Gasteiger partial charge in [0.1, 0.15) is 11.6 Å². The van der Waals surface area contributed by atoms with Crippen LogP contribution in [0, 0.1) is 5.82 Å². The molecule has 1 aromatic heterocycles. The van der Waals surface area contributed by atoms with Crippen LogP contribution in [0.4, 0.5) is 10.1 Å². The van der Waals surface area contributed by atoms with Crippen LogP contribution in [0.25, 0.3) is 11.5 Å². The van der Waals surface area contributed by atoms with Crippen LogP contribution in [0.5, 0.6) is 5.75 Å². The molecule has 0 aliphatic rings. The highest BCUT2D eigenvalue weighted by Crippen LogP contribution is 2.25. The molecule has 2 aromatic carbocycles. The highest BCUT2D eigenvalue weighted by Gasteiger charge is 2.13. The van der Waals surface area contributed by atoms with E-state index in [0.717, 1.165) is 5.56 Å². The Morgan fingerprint density at radius 3 is 2.67 bits per heavy atom. The number of phenolic OH excluding ortho intramolecular Hbond substituents is 1. The Hall–Kier alpha value is -2.89. The summed E-state index contributed by atoms with van der Waals surface area (Å²) in [7, 11) is 0. The fourth-order valence-corrected chi connectivity index (χ4v) is 1.95. The van der Waals surface area contributed by atoms with E-state index in [-0.39, 0.29) is 11.6 Å². The summed E-state index contributed by atoms with van der Waals surface area (Å²) >= 11 is 0. The minimum atomic E-state index is -0.419. The van der Waals surface area contributed by atoms with Crippen LogP contribution < -0.4 is 5.73 Å². The molecule has 3 rings (SSSR count). The van der Waals surface area contributed by atoms with Crippen molar-refractivity contribution in [1.29, 1.82) is 0 Å². The van der Waals surface area contributed by atoms with E-state index in [2.05, 4.69) is 10.1 Å². The SMILES string of the molecule is Nc1ccc(F)cc1-c1nc(Cc2ccc(O)cc2)no1. The highest BCUT2D eigenvalue weighted by molar-refractivity contribution is 5.70. The zero-order valence-corrected chi connectivity index (χ0v) is 11.0. The molecule has 0 unspecified atom stereocenters. The summed E-state index contributed by atoms with van der Waals surface area (Å²) in [6, 6.07) is 10.7. The minimum Gasteiger partial charge on any atom is -0.508 e. The molecule has 0 spiro atoms. The van der Waals surface area contributed by atoms with Crippen molar-refractivity contribution in [3.63, 3.8) is 0 Å². The number of nitrogens with two attached hydrogens (primary N) is 1. The van der Waals surface area contributed by atoms with Crippen LogP contribution in [0.2, 0.25) is 0 Å². The van der Waals surface area contributed by atoms with Crippen LogP contribution in [0.1, 0.15) is 11.4 Å². The Balaban J connectivity index is 1.86. The summed E-state index contributed by atoms with van der Waals surface area (Å²) in [5, 5.41) is 13.1. The van der Waals surface area contributed by atoms with Crippen molar-refractivity contribution in [2.24, 2.45) is 0 Å². The van der Waals surface area contributed by atoms with Gasteiger partial charge in [0.25, 0.3) is 5.89 Å². The van der Waals surface area contributed by atoms with E-state index in [1.807, 2.05) is 0 Å². The number of benzene rings is 2. The van der Waals surface area contributed by atoms with E-state index in [1.54, 1.807) is 24.3 Å². The maximum atomic E-state index is 13.3. The first-order valence-corrected chi connectivity index (χ1v) is 6.28. The molecule has 0 saturated heterocycles. The highest BCUT2D eigenvalue weighted by atomic mass is 19.1. The van der Waals surface area contributed by atoms with Gasteiger partial charge in [-0.05, 0) is 35.9 Å². The van der Waals surface area contributed by atoms with E-state index in [9.17, 15) is 9.50 Å². The molecule has 5 nitrogen and oxygen atoms in total. The second kappa shape index (κ2) is 5.24. The maximum Gasteiger partial charge on any atom is 0.260 e. The van der Waals surface area contributed by atoms with Gasteiger partial charge in [-0.25, -0.2) is 4.39 Å². The molecule has 6 heteroatoms. The third kappa shape index (κ3) is 2.84. The van der Waals surface area contributed by atoms with E-state index in [0.29, 0.717) is 23.5 Å². The number of aromatic hydroxyl groups is 1. The third-order valence-corrected chi connectivity index (χ3v) is 3.01. The Labute approximate surface area is 119 Å². The van der Waals surface area contributed by atoms with Gasteiger partial charge >= 0.3 is 0 Å². The largest absolute Gasteiger partial charge is 0.508 e. The first kappa shape index (κ1) is 13.1. The van der Waals surface area contributed by atoms with Crippen LogP contribution in [0.15, 0.2) is 47.0 Å². The molecule has 1 heterocycles. The van der Waals surface area contributed by atoms with Gasteiger partial charge in [-0.2, -0.15) is 4.98 Å². The average molecular weight is 285 g/mol. The number of nitrogen functional groups attached to an aromatic ring is 1. The van der Waals surface area contributed by atoms with Crippen LogP contribution in [-0.2, 0) is 6.42 Å². The quantitative estimate of drug-likeness (QED) is 0.723. The average Bonchev–Trinajstić information content (AvgIpc) is 2.92. The summed E-state index contributed by atoms with van der Waals surface area (Å²) in [5.41, 5.74) is 7.45. The molecule has 0 saturated carbocycles. The lowest BCUT2D eigenvalue weighted by Crippen LogP contribution is -1.93. The molecule has 21 heavy (non-hydrogen) atoms. The lowest BCUT2D eigenvalue weighted by molar-refractivity contribution is 0.424. The molecule has 0 radical (unpaired) electrons. The van der Waals surface area contributed by atoms with E-state index >= 15 is 0 Å². The van der Waals surface area contributed by atoms with Gasteiger partial charge in [0, 0.05) is 12.1 Å². The van der Waals surface area contributed by atoms with Crippen molar-refractivity contribution < 1.29 is 14.0 Å². The van der Waals surface area contributed by atoms with Crippen LogP contribution in [0.3, 0.4) is 0 Å². The van der Waals surface area contributed by atoms with Crippen molar-refractivity contribution in [3.05, 3.63) is 59.7 Å². The predicted octanol–water partition coefficient (Wildman–Crippen LogP) is 2.75. The molecule has 0 aliphatic carbocycles. The van der Waals surface area contributed by atoms with Crippen molar-refractivity contribution >= 4 is 5.69 Å². The second-order valence-corrected chi connectivity index (χ2v) is 4.59. The van der Waals surface area contributed by atoms with Crippen molar-refractivity contribution in [3.8, 4) is 17.2 Å². The first-order chi connectivity index (χ1) is 10.1. The second-order valence-electron chi connectivity index (χ2n) is 4.59. The molecule has 0 aliphatic heterocycles. The molecular formula is C15H12FN3O2. The molecule has 3 N–H and O–H groups in total. The van der Waals surface area contributed by atoms with Crippen LogP contribution >= 0.6 is 0 Å². The normalized spacial score (nSPS) is 10.7. The number of phenols is 1. The zero-order chi connectivity index (χ0) is 14.8. The summed E-state index contributed by atoms with van der Waals surface area (Å²) < 4.78 is 18.4. The fraction of sp³-hybridized carbons (Fsp3) is 0.0667. The standard InChI is InChI=1S/C15H12FN3O2/c16-10-3-6-13(17)12(8-10)15-18-14(19-21-15)7-9-1-4-11(20)5-2-9/h1-6,8,20H,7,17H2. The molecule has 0 fully saturated rings. The third-order valence-electron chi connectivity index (χ3n) is 3.01. The molecule has 0 atom stereocenters. The Bertz CT molecular complexity index is 769. The summed E-state index contributed by atoms with van der Waals surface area (Å²) in [6.45, 7) is 0. The van der Waals surface area contributed by atoms with Gasteiger partial charge in [-0.3, -0.25) is 0 Å². The van der Waals surface area contributed by atoms with Gasteiger partial charge in [0.2, 0.25) is 0 Å². The first-order valence-electron chi connectivity index (χ1n) is 6.28. The number of halogens is 1. The number of hydrogen-bond acceptors (Lipinski definition) is 5. The van der Waals surface area contributed by atoms with Crippen molar-refractivity contribution in [1.82, 2.24) is 10.1 Å². The van der Waals surface area contributed by atoms with Crippen LogP contribution in [-0.4, -0.2) is 15.2 Å². The van der Waals surface area contributed by atoms with Crippen molar-refractivity contribution in [2.45, 2.75) is 6.42 Å². The van der Waals surface area contributed by atoms with Gasteiger partial charge in [-0.15, -0.1) is 0 Å². The predicted molar refractivity (Wildman–Crippen MR) is 75.0 cm³/mol. The number of anilines is 1. The minimum absolute atomic E-state index is 0.181. The number of rotatable bonds is 3. The summed E-state index contributed by atoms with van der Waals surface area (Å²) in [4.78, 5) is 4.21. The Morgan fingerprint density at radius 1 is 1.14 bits per heavy atom.